The van der Waals surface area contributed by atoms with Crippen molar-refractivity contribution in [3.05, 3.63) is 0 Å². The van der Waals surface area contributed by atoms with Crippen LogP contribution in [0.4, 0.5) is 0 Å². The van der Waals surface area contributed by atoms with E-state index in [9.17, 15) is 0 Å². The van der Waals surface area contributed by atoms with Crippen LogP contribution in [0.3, 0.4) is 0 Å². The fraction of sp³-hybridized carbons (Fsp3) is 0.800. The quantitative estimate of drug-likeness (QED) is 0.288. The van der Waals surface area contributed by atoms with Crippen LogP contribution in [0.5, 0.6) is 0 Å². The van der Waals surface area contributed by atoms with Crippen molar-refractivity contribution in [2.45, 2.75) is 0 Å². The maximum atomic E-state index is 8.85. The fourth-order valence-electron chi connectivity index (χ4n) is 0.400. The Bertz CT molecular complexity index is 229. The summed E-state index contributed by atoms with van der Waals surface area (Å²) >= 11 is -5.52. The molecule has 0 bridgehead atoms. The van der Waals surface area contributed by atoms with Crippen molar-refractivity contribution >= 4 is 5.96 Å². The number of hydrogen-bond acceptors (Lipinski definition) is 3. The molecule has 80 valence electrons. The standard InChI is InChI=1S/C5H13N3.Mo.2H2O.2O/c1-7(2)5(6)8(3)4;;;;;/h6H,1-4H3;;2*1H2;;/q;+2;;;;/p-2. The Kier molecular flexibility index (Phi) is 6.92. The van der Waals surface area contributed by atoms with E-state index in [-0.39, 0.29) is 0 Å². The molecule has 0 aliphatic carbocycles. The Labute approximate surface area is 80.8 Å². The molecule has 0 unspecified atom stereocenters. The first kappa shape index (κ1) is 15.0. The van der Waals surface area contributed by atoms with Gasteiger partial charge in [-0.05, 0) is 0 Å². The molecule has 0 fully saturated rings. The molecule has 0 aliphatic heterocycles. The van der Waals surface area contributed by atoms with Gasteiger partial charge in [0.05, 0.1) is 0 Å². The molecule has 3 N–H and O–H groups in total. The van der Waals surface area contributed by atoms with Crippen LogP contribution in [-0.2, 0) is 23.5 Å². The summed E-state index contributed by atoms with van der Waals surface area (Å²) in [5, 5.41) is 7.25. The molecular formula is C5H15MoN3O4. The molecule has 8 heteroatoms. The fourth-order valence-corrected chi connectivity index (χ4v) is 0.400. The molecule has 0 amide bonds. The number of nitrogens with one attached hydrogen (secondary N) is 1. The summed E-state index contributed by atoms with van der Waals surface area (Å²) in [4.78, 5) is 3.50. The summed E-state index contributed by atoms with van der Waals surface area (Å²) in [6, 6.07) is 0. The van der Waals surface area contributed by atoms with Crippen LogP contribution in [0.15, 0.2) is 0 Å². The SMILES string of the molecule is CN(C)C(=N)N(C)C.[O]=[Mo](=[O])([OH])[OH]. The van der Waals surface area contributed by atoms with Crippen molar-refractivity contribution in [1.82, 2.24) is 9.80 Å². The van der Waals surface area contributed by atoms with Gasteiger partial charge in [0.15, 0.2) is 5.96 Å². The predicted molar refractivity (Wildman–Crippen MR) is 40.9 cm³/mol. The van der Waals surface area contributed by atoms with E-state index < -0.39 is 16.7 Å². The molecule has 0 saturated heterocycles. The van der Waals surface area contributed by atoms with E-state index >= 15 is 0 Å². The van der Waals surface area contributed by atoms with Gasteiger partial charge in [-0.15, -0.1) is 0 Å². The molecule has 0 aromatic carbocycles. The summed E-state index contributed by atoms with van der Waals surface area (Å²) in [5.41, 5.74) is 0. The average molecular weight is 277 g/mol. The molecule has 0 radical (unpaired) electrons. The molecule has 0 rings (SSSR count). The second kappa shape index (κ2) is 6.01. The molecule has 7 nitrogen and oxygen atoms in total. The third kappa shape index (κ3) is 18.4. The Balaban J connectivity index is 0. The van der Waals surface area contributed by atoms with Crippen molar-refractivity contribution < 1.29 is 31.1 Å². The Hall–Kier alpha value is -0.522. The van der Waals surface area contributed by atoms with Gasteiger partial charge < -0.3 is 9.80 Å². The van der Waals surface area contributed by atoms with Crippen LogP contribution in [0.2, 0.25) is 0 Å². The van der Waals surface area contributed by atoms with E-state index in [1.807, 2.05) is 28.2 Å². The Morgan fingerprint density at radius 2 is 1.23 bits per heavy atom. The molecule has 0 aromatic rings. The third-order valence-electron chi connectivity index (χ3n) is 0.847. The zero-order valence-corrected chi connectivity index (χ0v) is 10.0. The van der Waals surface area contributed by atoms with Gasteiger partial charge in [-0.1, -0.05) is 0 Å². The molecule has 0 saturated carbocycles. The monoisotopic (exact) mass is 279 g/mol. The minimum absolute atomic E-state index is 0.519. The molecular weight excluding hydrogens is 262 g/mol. The van der Waals surface area contributed by atoms with E-state index in [2.05, 4.69) is 0 Å². The van der Waals surface area contributed by atoms with E-state index in [1.54, 1.807) is 9.80 Å². The molecule has 0 spiro atoms. The summed E-state index contributed by atoms with van der Waals surface area (Å²) in [6.45, 7) is 0. The molecule has 13 heavy (non-hydrogen) atoms. The summed E-state index contributed by atoms with van der Waals surface area (Å²) in [6.07, 6.45) is 0. The van der Waals surface area contributed by atoms with E-state index in [4.69, 9.17) is 19.7 Å². The van der Waals surface area contributed by atoms with Gasteiger partial charge in [-0.25, -0.2) is 0 Å². The van der Waals surface area contributed by atoms with Gasteiger partial charge in [0.25, 0.3) is 0 Å². The van der Waals surface area contributed by atoms with Crippen molar-refractivity contribution in [2.75, 3.05) is 28.2 Å². The van der Waals surface area contributed by atoms with Gasteiger partial charge in [0, 0.05) is 28.2 Å². The molecule has 0 heterocycles. The van der Waals surface area contributed by atoms with Crippen LogP contribution in [0, 0.1) is 5.41 Å². The van der Waals surface area contributed by atoms with Crippen LogP contribution in [0.1, 0.15) is 0 Å². The zero-order chi connectivity index (χ0) is 11.2. The van der Waals surface area contributed by atoms with Crippen molar-refractivity contribution in [1.29, 1.82) is 5.41 Å². The number of hydrogen-bond donors (Lipinski definition) is 3. The number of nitrogens with zero attached hydrogens (tertiary/aromatic N) is 2. The first-order valence-electron chi connectivity index (χ1n) is 3.18. The Morgan fingerprint density at radius 3 is 1.23 bits per heavy atom. The van der Waals surface area contributed by atoms with Gasteiger partial charge in [-0.2, -0.15) is 0 Å². The summed E-state index contributed by atoms with van der Waals surface area (Å²) in [5.74, 6) is 0.519. The predicted octanol–water partition coefficient (Wildman–Crippen LogP) is -1.31. The van der Waals surface area contributed by atoms with Crippen molar-refractivity contribution in [2.24, 2.45) is 0 Å². The molecule has 0 aromatic heterocycles. The van der Waals surface area contributed by atoms with Crippen molar-refractivity contribution in [3.8, 4) is 0 Å². The Morgan fingerprint density at radius 1 is 1.08 bits per heavy atom. The minimum atomic E-state index is -5.52. The molecule has 0 atom stereocenters. The van der Waals surface area contributed by atoms with E-state index in [0.717, 1.165) is 0 Å². The maximum absolute atomic E-state index is 8.85. The number of guanidine groups is 1. The van der Waals surface area contributed by atoms with Crippen LogP contribution >= 0.6 is 0 Å². The first-order chi connectivity index (χ1) is 5.55. The second-order valence-corrected chi connectivity index (χ2v) is 4.76. The van der Waals surface area contributed by atoms with Gasteiger partial charge >= 0.3 is 31.1 Å². The van der Waals surface area contributed by atoms with E-state index in [0.29, 0.717) is 5.96 Å². The van der Waals surface area contributed by atoms with Gasteiger partial charge in [-0.3, -0.25) is 5.41 Å². The third-order valence-corrected chi connectivity index (χ3v) is 0.847. The van der Waals surface area contributed by atoms with Gasteiger partial charge in [0.2, 0.25) is 0 Å². The normalized spacial score (nSPS) is 9.69. The van der Waals surface area contributed by atoms with Crippen LogP contribution in [0.25, 0.3) is 0 Å². The first-order valence-corrected chi connectivity index (χ1v) is 6.62. The summed E-state index contributed by atoms with van der Waals surface area (Å²) < 4.78 is 32.0. The summed E-state index contributed by atoms with van der Waals surface area (Å²) in [7, 11) is 7.40. The van der Waals surface area contributed by atoms with Crippen LogP contribution < -0.4 is 0 Å². The zero-order valence-electron chi connectivity index (χ0n) is 8.01. The average Bonchev–Trinajstić information content (AvgIpc) is 1.81. The van der Waals surface area contributed by atoms with Crippen molar-refractivity contribution in [3.63, 3.8) is 0 Å². The molecule has 0 aliphatic rings. The second-order valence-electron chi connectivity index (χ2n) is 2.56. The van der Waals surface area contributed by atoms with Gasteiger partial charge in [0.1, 0.15) is 0 Å². The topological polar surface area (TPSA) is 105 Å². The van der Waals surface area contributed by atoms with E-state index in [1.165, 1.54) is 0 Å². The number of rotatable bonds is 0. The van der Waals surface area contributed by atoms with Crippen LogP contribution in [-0.4, -0.2) is 51.5 Å².